The number of phenols is 1. The third kappa shape index (κ3) is 2.16. The Balaban J connectivity index is 2.31. The van der Waals surface area contributed by atoms with Crippen molar-refractivity contribution in [2.75, 3.05) is 0 Å². The number of aromatic hydroxyl groups is 1. The molecule has 16 heavy (non-hydrogen) atoms. The van der Waals surface area contributed by atoms with E-state index in [2.05, 4.69) is 0 Å². The van der Waals surface area contributed by atoms with E-state index < -0.39 is 0 Å². The van der Waals surface area contributed by atoms with Crippen molar-refractivity contribution in [3.63, 3.8) is 0 Å². The summed E-state index contributed by atoms with van der Waals surface area (Å²) in [4.78, 5) is 0. The molecule has 0 aromatic heterocycles. The van der Waals surface area contributed by atoms with Gasteiger partial charge in [-0.3, -0.25) is 0 Å². The number of ether oxygens (including phenoxy) is 1. The Labute approximate surface area is 95.1 Å². The molecular weight excluding hydrogens is 200 g/mol. The maximum atomic E-state index is 9.33. The summed E-state index contributed by atoms with van der Waals surface area (Å²) < 4.78 is 5.71. The van der Waals surface area contributed by atoms with Crippen LogP contribution in [0.3, 0.4) is 0 Å². The van der Waals surface area contributed by atoms with E-state index in [9.17, 15) is 5.11 Å². The van der Waals surface area contributed by atoms with Crippen molar-refractivity contribution in [1.29, 1.82) is 0 Å². The van der Waals surface area contributed by atoms with E-state index in [0.717, 1.165) is 11.3 Å². The zero-order chi connectivity index (χ0) is 11.5. The van der Waals surface area contributed by atoms with Gasteiger partial charge in [0.05, 0.1) is 0 Å². The van der Waals surface area contributed by atoms with Gasteiger partial charge in [0.1, 0.15) is 17.2 Å². The van der Waals surface area contributed by atoms with Gasteiger partial charge in [0.15, 0.2) is 0 Å². The summed E-state index contributed by atoms with van der Waals surface area (Å²) in [5, 5.41) is 9.33. The van der Waals surface area contributed by atoms with Gasteiger partial charge in [-0.25, -0.2) is 0 Å². The van der Waals surface area contributed by atoms with E-state index in [-0.39, 0.29) is 5.75 Å². The molecule has 2 nitrogen and oxygen atoms in total. The number of hydrogen-bond acceptors (Lipinski definition) is 2. The Morgan fingerprint density at radius 3 is 2.50 bits per heavy atom. The van der Waals surface area contributed by atoms with E-state index >= 15 is 0 Å². The molecule has 1 N–H and O–H groups in total. The molecule has 0 spiro atoms. The standard InChI is InChI=1S/C14H14O2/c1-10-5-3-8-14(11(10)2)16-13-7-4-6-12(15)9-13/h3-9,15H,1-2H3. The highest BCUT2D eigenvalue weighted by Crippen LogP contribution is 2.28. The topological polar surface area (TPSA) is 29.5 Å². The van der Waals surface area contributed by atoms with E-state index in [1.54, 1.807) is 18.2 Å². The molecule has 82 valence electrons. The molecule has 0 saturated heterocycles. The Bertz CT molecular complexity index is 504. The minimum absolute atomic E-state index is 0.211. The van der Waals surface area contributed by atoms with Crippen LogP contribution in [0.5, 0.6) is 17.2 Å². The van der Waals surface area contributed by atoms with Crippen LogP contribution in [0.25, 0.3) is 0 Å². The highest BCUT2D eigenvalue weighted by atomic mass is 16.5. The third-order valence-corrected chi connectivity index (χ3v) is 2.60. The predicted molar refractivity (Wildman–Crippen MR) is 64.1 cm³/mol. The summed E-state index contributed by atoms with van der Waals surface area (Å²) >= 11 is 0. The maximum Gasteiger partial charge on any atom is 0.131 e. The van der Waals surface area contributed by atoms with Crippen LogP contribution in [0.1, 0.15) is 11.1 Å². The van der Waals surface area contributed by atoms with Crippen molar-refractivity contribution in [1.82, 2.24) is 0 Å². The lowest BCUT2D eigenvalue weighted by Crippen LogP contribution is -1.89. The van der Waals surface area contributed by atoms with Gasteiger partial charge in [0.25, 0.3) is 0 Å². The van der Waals surface area contributed by atoms with Crippen molar-refractivity contribution >= 4 is 0 Å². The molecule has 0 fully saturated rings. The minimum atomic E-state index is 0.211. The van der Waals surface area contributed by atoms with Gasteiger partial charge in [0.2, 0.25) is 0 Å². The molecule has 0 radical (unpaired) electrons. The van der Waals surface area contributed by atoms with Crippen molar-refractivity contribution < 1.29 is 9.84 Å². The van der Waals surface area contributed by atoms with Crippen molar-refractivity contribution in [2.24, 2.45) is 0 Å². The van der Waals surface area contributed by atoms with Crippen LogP contribution in [0, 0.1) is 13.8 Å². The first-order valence-corrected chi connectivity index (χ1v) is 5.20. The fourth-order valence-electron chi connectivity index (χ4n) is 1.51. The molecule has 2 rings (SSSR count). The highest BCUT2D eigenvalue weighted by molar-refractivity contribution is 5.42. The summed E-state index contributed by atoms with van der Waals surface area (Å²) in [6, 6.07) is 12.7. The van der Waals surface area contributed by atoms with E-state index in [1.807, 2.05) is 38.1 Å². The molecule has 0 amide bonds. The van der Waals surface area contributed by atoms with Gasteiger partial charge in [-0.1, -0.05) is 18.2 Å². The average molecular weight is 214 g/mol. The first-order chi connectivity index (χ1) is 7.66. The summed E-state index contributed by atoms with van der Waals surface area (Å²) in [5.74, 6) is 1.68. The monoisotopic (exact) mass is 214 g/mol. The first kappa shape index (κ1) is 10.6. The highest BCUT2D eigenvalue weighted by Gasteiger charge is 2.03. The fraction of sp³-hybridized carbons (Fsp3) is 0.143. The summed E-state index contributed by atoms with van der Waals surface area (Å²) in [6.07, 6.45) is 0. The molecule has 0 atom stereocenters. The largest absolute Gasteiger partial charge is 0.508 e. The van der Waals surface area contributed by atoms with Crippen LogP contribution in [-0.4, -0.2) is 5.11 Å². The molecule has 0 heterocycles. The Morgan fingerprint density at radius 1 is 1.00 bits per heavy atom. The van der Waals surface area contributed by atoms with Crippen molar-refractivity contribution in [2.45, 2.75) is 13.8 Å². The van der Waals surface area contributed by atoms with E-state index in [4.69, 9.17) is 4.74 Å². The smallest absolute Gasteiger partial charge is 0.131 e. The lowest BCUT2D eigenvalue weighted by atomic mass is 10.1. The van der Waals surface area contributed by atoms with Crippen LogP contribution >= 0.6 is 0 Å². The summed E-state index contributed by atoms with van der Waals surface area (Å²) in [7, 11) is 0. The third-order valence-electron chi connectivity index (χ3n) is 2.60. The zero-order valence-electron chi connectivity index (χ0n) is 9.40. The number of phenolic OH excluding ortho intramolecular Hbond substituents is 1. The molecular formula is C14H14O2. The number of aryl methyl sites for hydroxylation is 1. The predicted octanol–water partition coefficient (Wildman–Crippen LogP) is 3.80. The Kier molecular flexibility index (Phi) is 2.82. The van der Waals surface area contributed by atoms with Crippen LogP contribution in [0.4, 0.5) is 0 Å². The number of rotatable bonds is 2. The molecule has 0 aliphatic heterocycles. The Hall–Kier alpha value is -1.96. The first-order valence-electron chi connectivity index (χ1n) is 5.20. The molecule has 2 heteroatoms. The maximum absolute atomic E-state index is 9.33. The fourth-order valence-corrected chi connectivity index (χ4v) is 1.51. The lowest BCUT2D eigenvalue weighted by Gasteiger charge is -2.10. The minimum Gasteiger partial charge on any atom is -0.508 e. The lowest BCUT2D eigenvalue weighted by molar-refractivity contribution is 0.453. The van der Waals surface area contributed by atoms with Crippen LogP contribution < -0.4 is 4.74 Å². The van der Waals surface area contributed by atoms with Gasteiger partial charge >= 0.3 is 0 Å². The van der Waals surface area contributed by atoms with Gasteiger partial charge < -0.3 is 9.84 Å². The van der Waals surface area contributed by atoms with Crippen molar-refractivity contribution in [3.8, 4) is 17.2 Å². The number of benzene rings is 2. The summed E-state index contributed by atoms with van der Waals surface area (Å²) in [6.45, 7) is 4.07. The quantitative estimate of drug-likeness (QED) is 0.823. The van der Waals surface area contributed by atoms with Crippen LogP contribution in [0.15, 0.2) is 42.5 Å². The second kappa shape index (κ2) is 4.27. The summed E-state index contributed by atoms with van der Waals surface area (Å²) in [5.41, 5.74) is 2.31. The van der Waals surface area contributed by atoms with E-state index in [0.29, 0.717) is 5.75 Å². The zero-order valence-corrected chi connectivity index (χ0v) is 9.40. The number of hydrogen-bond donors (Lipinski definition) is 1. The molecule has 2 aromatic carbocycles. The molecule has 0 saturated carbocycles. The SMILES string of the molecule is Cc1cccc(Oc2cccc(O)c2)c1C. The molecule has 0 aliphatic carbocycles. The van der Waals surface area contributed by atoms with Crippen molar-refractivity contribution in [3.05, 3.63) is 53.6 Å². The van der Waals surface area contributed by atoms with Gasteiger partial charge in [-0.15, -0.1) is 0 Å². The van der Waals surface area contributed by atoms with Crippen LogP contribution in [0.2, 0.25) is 0 Å². The second-order valence-electron chi connectivity index (χ2n) is 3.80. The Morgan fingerprint density at radius 2 is 1.75 bits per heavy atom. The normalized spacial score (nSPS) is 10.1. The molecule has 2 aromatic rings. The van der Waals surface area contributed by atoms with Crippen LogP contribution in [-0.2, 0) is 0 Å². The van der Waals surface area contributed by atoms with Gasteiger partial charge in [-0.2, -0.15) is 0 Å². The van der Waals surface area contributed by atoms with E-state index in [1.165, 1.54) is 5.56 Å². The average Bonchev–Trinajstić information content (AvgIpc) is 2.25. The molecule has 0 unspecified atom stereocenters. The van der Waals surface area contributed by atoms with Gasteiger partial charge in [0, 0.05) is 6.07 Å². The molecule has 0 bridgehead atoms. The second-order valence-corrected chi connectivity index (χ2v) is 3.80. The van der Waals surface area contributed by atoms with Gasteiger partial charge in [-0.05, 0) is 43.2 Å². The molecule has 0 aliphatic rings.